The molecular weight excluding hydrogens is 270 g/mol. The van der Waals surface area contributed by atoms with Gasteiger partial charge in [-0.15, -0.1) is 11.3 Å². The van der Waals surface area contributed by atoms with Crippen LogP contribution in [-0.4, -0.2) is 17.4 Å². The zero-order valence-corrected chi connectivity index (χ0v) is 12.8. The van der Waals surface area contributed by atoms with Crippen molar-refractivity contribution in [1.29, 1.82) is 0 Å². The van der Waals surface area contributed by atoms with E-state index in [0.717, 1.165) is 23.5 Å². The highest BCUT2D eigenvalue weighted by molar-refractivity contribution is 7.09. The van der Waals surface area contributed by atoms with E-state index >= 15 is 0 Å². The van der Waals surface area contributed by atoms with Gasteiger partial charge in [-0.2, -0.15) is 0 Å². The number of aryl methyl sites for hydroxylation is 2. The lowest BCUT2D eigenvalue weighted by Crippen LogP contribution is -2.22. The van der Waals surface area contributed by atoms with Crippen LogP contribution in [0.25, 0.3) is 0 Å². The topological polar surface area (TPSA) is 54.0 Å². The number of hydrogen-bond donors (Lipinski definition) is 2. The second-order valence-electron chi connectivity index (χ2n) is 4.60. The molecule has 0 aliphatic carbocycles. The molecule has 1 heterocycles. The fourth-order valence-corrected chi connectivity index (χ4v) is 2.60. The summed E-state index contributed by atoms with van der Waals surface area (Å²) in [5.74, 6) is -0.0375. The van der Waals surface area contributed by atoms with Gasteiger partial charge in [0.2, 0.25) is 0 Å². The van der Waals surface area contributed by atoms with Crippen LogP contribution in [0.2, 0.25) is 0 Å². The number of rotatable bonds is 5. The van der Waals surface area contributed by atoms with E-state index < -0.39 is 0 Å². The maximum Gasteiger partial charge on any atom is 0.251 e. The lowest BCUT2D eigenvalue weighted by Gasteiger charge is -2.11. The first-order chi connectivity index (χ1) is 9.61. The maximum atomic E-state index is 11.8. The molecule has 106 valence electrons. The monoisotopic (exact) mass is 289 g/mol. The number of aromatic nitrogens is 1. The summed E-state index contributed by atoms with van der Waals surface area (Å²) in [6.07, 6.45) is 0. The van der Waals surface area contributed by atoms with E-state index in [1.807, 2.05) is 44.5 Å². The van der Waals surface area contributed by atoms with E-state index in [4.69, 9.17) is 0 Å². The molecule has 1 aromatic heterocycles. The SMILES string of the molecule is CCNC(=O)c1ccc(C)c(NCc2scnc2C)c1. The summed E-state index contributed by atoms with van der Waals surface area (Å²) in [5, 5.41) is 6.20. The largest absolute Gasteiger partial charge is 0.380 e. The molecule has 4 nitrogen and oxygen atoms in total. The van der Waals surface area contributed by atoms with Gasteiger partial charge in [0.1, 0.15) is 0 Å². The molecule has 5 heteroatoms. The number of thiazole rings is 1. The smallest absolute Gasteiger partial charge is 0.251 e. The van der Waals surface area contributed by atoms with Crippen LogP contribution >= 0.6 is 11.3 Å². The summed E-state index contributed by atoms with van der Waals surface area (Å²) >= 11 is 1.64. The Morgan fingerprint density at radius 2 is 2.15 bits per heavy atom. The minimum absolute atomic E-state index is 0.0375. The highest BCUT2D eigenvalue weighted by Crippen LogP contribution is 2.20. The maximum absolute atomic E-state index is 11.8. The van der Waals surface area contributed by atoms with E-state index in [0.29, 0.717) is 12.1 Å². The average molecular weight is 289 g/mol. The third-order valence-corrected chi connectivity index (χ3v) is 4.06. The molecule has 0 unspecified atom stereocenters. The third-order valence-electron chi connectivity index (χ3n) is 3.12. The number of nitrogens with zero attached hydrogens (tertiary/aromatic N) is 1. The van der Waals surface area contributed by atoms with Crippen molar-refractivity contribution in [1.82, 2.24) is 10.3 Å². The second kappa shape index (κ2) is 6.52. The highest BCUT2D eigenvalue weighted by Gasteiger charge is 2.08. The van der Waals surface area contributed by atoms with Crippen LogP contribution in [0.5, 0.6) is 0 Å². The Balaban J connectivity index is 2.12. The van der Waals surface area contributed by atoms with Crippen molar-refractivity contribution in [3.63, 3.8) is 0 Å². The van der Waals surface area contributed by atoms with Crippen LogP contribution in [0.4, 0.5) is 5.69 Å². The zero-order chi connectivity index (χ0) is 14.5. The number of carbonyl (C=O) groups excluding carboxylic acids is 1. The molecule has 0 radical (unpaired) electrons. The van der Waals surface area contributed by atoms with Crippen molar-refractivity contribution in [3.05, 3.63) is 45.4 Å². The first-order valence-electron chi connectivity index (χ1n) is 6.63. The van der Waals surface area contributed by atoms with E-state index in [1.54, 1.807) is 11.3 Å². The summed E-state index contributed by atoms with van der Waals surface area (Å²) in [5.41, 5.74) is 5.70. The van der Waals surface area contributed by atoms with E-state index in [2.05, 4.69) is 15.6 Å². The molecule has 0 aliphatic rings. The Labute approximate surface area is 123 Å². The van der Waals surface area contributed by atoms with Gasteiger partial charge in [-0.05, 0) is 38.5 Å². The van der Waals surface area contributed by atoms with Crippen molar-refractivity contribution < 1.29 is 4.79 Å². The Hall–Kier alpha value is -1.88. The molecule has 1 aromatic carbocycles. The van der Waals surface area contributed by atoms with Crippen molar-refractivity contribution >= 4 is 22.9 Å². The Bertz CT molecular complexity index is 607. The lowest BCUT2D eigenvalue weighted by atomic mass is 10.1. The fourth-order valence-electron chi connectivity index (χ4n) is 1.89. The van der Waals surface area contributed by atoms with Crippen molar-refractivity contribution in [3.8, 4) is 0 Å². The van der Waals surface area contributed by atoms with Crippen molar-refractivity contribution in [2.75, 3.05) is 11.9 Å². The van der Waals surface area contributed by atoms with Crippen LogP contribution in [-0.2, 0) is 6.54 Å². The average Bonchev–Trinajstić information content (AvgIpc) is 2.83. The van der Waals surface area contributed by atoms with Crippen LogP contribution in [0.15, 0.2) is 23.7 Å². The number of nitrogens with one attached hydrogen (secondary N) is 2. The number of hydrogen-bond acceptors (Lipinski definition) is 4. The molecular formula is C15H19N3OS. The van der Waals surface area contributed by atoms with Crippen LogP contribution in [0.1, 0.15) is 33.4 Å². The molecule has 0 saturated heterocycles. The predicted octanol–water partition coefficient (Wildman–Crippen LogP) is 3.12. The summed E-state index contributed by atoms with van der Waals surface area (Å²) in [6, 6.07) is 5.71. The van der Waals surface area contributed by atoms with Gasteiger partial charge in [0, 0.05) is 22.7 Å². The van der Waals surface area contributed by atoms with Crippen molar-refractivity contribution in [2.24, 2.45) is 0 Å². The predicted molar refractivity (Wildman–Crippen MR) is 83.4 cm³/mol. The standard InChI is InChI=1S/C15H19N3OS/c1-4-16-15(19)12-6-5-10(2)13(7-12)17-8-14-11(3)18-9-20-14/h5-7,9,17H,4,8H2,1-3H3,(H,16,19). The summed E-state index contributed by atoms with van der Waals surface area (Å²) in [7, 11) is 0. The van der Waals surface area contributed by atoms with Gasteiger partial charge >= 0.3 is 0 Å². The Morgan fingerprint density at radius 1 is 1.35 bits per heavy atom. The van der Waals surface area contributed by atoms with Crippen LogP contribution < -0.4 is 10.6 Å². The molecule has 0 bridgehead atoms. The summed E-state index contributed by atoms with van der Waals surface area (Å²) < 4.78 is 0. The highest BCUT2D eigenvalue weighted by atomic mass is 32.1. The normalized spacial score (nSPS) is 10.3. The molecule has 0 atom stereocenters. The Morgan fingerprint density at radius 3 is 2.80 bits per heavy atom. The quantitative estimate of drug-likeness (QED) is 0.889. The number of benzene rings is 1. The van der Waals surface area contributed by atoms with Gasteiger partial charge in [-0.3, -0.25) is 4.79 Å². The van der Waals surface area contributed by atoms with Crippen LogP contribution in [0.3, 0.4) is 0 Å². The number of anilines is 1. The minimum atomic E-state index is -0.0375. The summed E-state index contributed by atoms with van der Waals surface area (Å²) in [4.78, 5) is 17.3. The first-order valence-corrected chi connectivity index (χ1v) is 7.51. The van der Waals surface area contributed by atoms with E-state index in [9.17, 15) is 4.79 Å². The second-order valence-corrected chi connectivity index (χ2v) is 5.54. The zero-order valence-electron chi connectivity index (χ0n) is 12.0. The Kier molecular flexibility index (Phi) is 4.74. The van der Waals surface area contributed by atoms with E-state index in [1.165, 1.54) is 4.88 Å². The van der Waals surface area contributed by atoms with Gasteiger partial charge in [-0.25, -0.2) is 4.98 Å². The fraction of sp³-hybridized carbons (Fsp3) is 0.333. The van der Waals surface area contributed by atoms with Gasteiger partial charge < -0.3 is 10.6 Å². The molecule has 0 saturated carbocycles. The molecule has 2 aromatic rings. The number of amides is 1. The first kappa shape index (κ1) is 14.5. The third kappa shape index (κ3) is 3.36. The molecule has 0 fully saturated rings. The molecule has 20 heavy (non-hydrogen) atoms. The molecule has 2 N–H and O–H groups in total. The molecule has 1 amide bonds. The minimum Gasteiger partial charge on any atom is -0.380 e. The molecule has 2 rings (SSSR count). The lowest BCUT2D eigenvalue weighted by molar-refractivity contribution is 0.0956. The van der Waals surface area contributed by atoms with Crippen LogP contribution in [0, 0.1) is 13.8 Å². The van der Waals surface area contributed by atoms with E-state index in [-0.39, 0.29) is 5.91 Å². The van der Waals surface area contributed by atoms with Crippen molar-refractivity contribution in [2.45, 2.75) is 27.3 Å². The van der Waals surface area contributed by atoms with Gasteiger partial charge in [-0.1, -0.05) is 6.07 Å². The van der Waals surface area contributed by atoms with Gasteiger partial charge in [0.25, 0.3) is 5.91 Å². The van der Waals surface area contributed by atoms with Gasteiger partial charge in [0.05, 0.1) is 17.7 Å². The molecule has 0 spiro atoms. The molecule has 0 aliphatic heterocycles. The summed E-state index contributed by atoms with van der Waals surface area (Å²) in [6.45, 7) is 7.32. The number of carbonyl (C=O) groups is 1. The van der Waals surface area contributed by atoms with Gasteiger partial charge in [0.15, 0.2) is 0 Å².